The quantitative estimate of drug-likeness (QED) is 0.719. The fourth-order valence-corrected chi connectivity index (χ4v) is 4.24. The molecule has 0 radical (unpaired) electrons. The molecular weight excluding hydrogens is 376 g/mol. The van der Waals surface area contributed by atoms with Crippen LogP contribution in [0.4, 0.5) is 0 Å². The molecule has 0 spiro atoms. The van der Waals surface area contributed by atoms with E-state index in [4.69, 9.17) is 15.4 Å². The van der Waals surface area contributed by atoms with E-state index in [2.05, 4.69) is 15.9 Å². The van der Waals surface area contributed by atoms with E-state index >= 15 is 0 Å². The largest absolute Gasteiger partial charge is 0.489 e. The van der Waals surface area contributed by atoms with Crippen LogP contribution in [0.15, 0.2) is 45.8 Å². The summed E-state index contributed by atoms with van der Waals surface area (Å²) in [6.07, 6.45) is 0. The number of hydrogen-bond acceptors (Lipinski definition) is 3. The average Bonchev–Trinajstić information content (AvgIpc) is 2.34. The Morgan fingerprint density at radius 3 is 2.29 bits per heavy atom. The standard InChI is InChI=1S/C15H14BrClO3S/c1-10-6-14(7-11(2)15(10)21(17,18)19)20-9-12-4-3-5-13(16)8-12/h3-8H,9H2,1-2H3. The molecule has 2 aromatic rings. The van der Waals surface area contributed by atoms with Crippen molar-refractivity contribution >= 4 is 35.7 Å². The molecule has 0 bridgehead atoms. The fraction of sp³-hybridized carbons (Fsp3) is 0.200. The first-order chi connectivity index (χ1) is 9.77. The van der Waals surface area contributed by atoms with Gasteiger partial charge in [-0.15, -0.1) is 0 Å². The highest BCUT2D eigenvalue weighted by atomic mass is 79.9. The minimum absolute atomic E-state index is 0.152. The molecule has 112 valence electrons. The molecule has 0 amide bonds. The maximum atomic E-state index is 11.5. The highest BCUT2D eigenvalue weighted by Crippen LogP contribution is 2.28. The van der Waals surface area contributed by atoms with Crippen LogP contribution in [0.5, 0.6) is 5.75 Å². The second-order valence-electron chi connectivity index (χ2n) is 4.74. The lowest BCUT2D eigenvalue weighted by Gasteiger charge is -2.12. The highest BCUT2D eigenvalue weighted by Gasteiger charge is 2.17. The molecule has 0 aliphatic heterocycles. The number of aryl methyl sites for hydroxylation is 2. The van der Waals surface area contributed by atoms with Crippen molar-refractivity contribution < 1.29 is 13.2 Å². The van der Waals surface area contributed by atoms with Crippen molar-refractivity contribution in [1.82, 2.24) is 0 Å². The summed E-state index contributed by atoms with van der Waals surface area (Å²) in [6, 6.07) is 11.2. The smallest absolute Gasteiger partial charge is 0.261 e. The molecule has 0 fully saturated rings. The van der Waals surface area contributed by atoms with Gasteiger partial charge in [-0.25, -0.2) is 8.42 Å². The monoisotopic (exact) mass is 388 g/mol. The first-order valence-electron chi connectivity index (χ1n) is 6.20. The summed E-state index contributed by atoms with van der Waals surface area (Å²) >= 11 is 3.41. The number of halogens is 2. The van der Waals surface area contributed by atoms with Crippen LogP contribution in [-0.2, 0) is 15.7 Å². The Morgan fingerprint density at radius 1 is 1.14 bits per heavy atom. The number of rotatable bonds is 4. The summed E-state index contributed by atoms with van der Waals surface area (Å²) in [5.74, 6) is 0.619. The van der Waals surface area contributed by atoms with E-state index in [1.165, 1.54) is 0 Å². The molecule has 0 N–H and O–H groups in total. The molecule has 2 aromatic carbocycles. The fourth-order valence-electron chi connectivity index (χ4n) is 2.17. The Bertz CT molecular complexity index is 749. The van der Waals surface area contributed by atoms with Gasteiger partial charge in [0.15, 0.2) is 0 Å². The van der Waals surface area contributed by atoms with E-state index in [1.54, 1.807) is 26.0 Å². The van der Waals surface area contributed by atoms with Crippen LogP contribution in [0.3, 0.4) is 0 Å². The van der Waals surface area contributed by atoms with Gasteiger partial charge in [-0.2, -0.15) is 0 Å². The Balaban J connectivity index is 2.23. The van der Waals surface area contributed by atoms with Crippen LogP contribution < -0.4 is 4.74 Å². The first kappa shape index (κ1) is 16.3. The molecule has 3 nitrogen and oxygen atoms in total. The SMILES string of the molecule is Cc1cc(OCc2cccc(Br)c2)cc(C)c1S(=O)(=O)Cl. The number of hydrogen-bond donors (Lipinski definition) is 0. The second-order valence-corrected chi connectivity index (χ2v) is 8.16. The molecular formula is C15H14BrClO3S. The zero-order valence-corrected chi connectivity index (χ0v) is 14.7. The van der Waals surface area contributed by atoms with Gasteiger partial charge >= 0.3 is 0 Å². The molecule has 0 atom stereocenters. The van der Waals surface area contributed by atoms with E-state index in [9.17, 15) is 8.42 Å². The molecule has 0 saturated heterocycles. The van der Waals surface area contributed by atoms with Crippen molar-refractivity contribution in [3.05, 3.63) is 57.6 Å². The molecule has 2 rings (SSSR count). The van der Waals surface area contributed by atoms with Crippen molar-refractivity contribution in [2.24, 2.45) is 0 Å². The summed E-state index contributed by atoms with van der Waals surface area (Å²) in [6.45, 7) is 3.81. The third-order valence-electron chi connectivity index (χ3n) is 2.97. The summed E-state index contributed by atoms with van der Waals surface area (Å²) in [5.41, 5.74) is 2.18. The lowest BCUT2D eigenvalue weighted by Crippen LogP contribution is -2.01. The molecule has 0 unspecified atom stereocenters. The molecule has 0 aromatic heterocycles. The Kier molecular flexibility index (Phi) is 4.96. The van der Waals surface area contributed by atoms with Gasteiger partial charge in [-0.1, -0.05) is 28.1 Å². The van der Waals surface area contributed by atoms with Crippen LogP contribution in [0, 0.1) is 13.8 Å². The van der Waals surface area contributed by atoms with Gasteiger partial charge in [-0.3, -0.25) is 0 Å². The van der Waals surface area contributed by atoms with E-state index in [1.807, 2.05) is 24.3 Å². The van der Waals surface area contributed by atoms with Gasteiger partial charge in [0.05, 0.1) is 4.90 Å². The van der Waals surface area contributed by atoms with Gasteiger partial charge in [0.25, 0.3) is 9.05 Å². The van der Waals surface area contributed by atoms with E-state index in [0.29, 0.717) is 23.5 Å². The zero-order chi connectivity index (χ0) is 15.6. The van der Waals surface area contributed by atoms with Crippen LogP contribution in [0.25, 0.3) is 0 Å². The number of ether oxygens (including phenoxy) is 1. The maximum absolute atomic E-state index is 11.5. The zero-order valence-electron chi connectivity index (χ0n) is 11.6. The van der Waals surface area contributed by atoms with Crippen LogP contribution in [-0.4, -0.2) is 8.42 Å². The summed E-state index contributed by atoms with van der Waals surface area (Å²) < 4.78 is 29.7. The molecule has 6 heteroatoms. The molecule has 21 heavy (non-hydrogen) atoms. The maximum Gasteiger partial charge on any atom is 0.261 e. The number of benzene rings is 2. The lowest BCUT2D eigenvalue weighted by molar-refractivity contribution is 0.305. The molecule has 0 aliphatic rings. The first-order valence-corrected chi connectivity index (χ1v) is 9.31. The normalized spacial score (nSPS) is 11.4. The van der Waals surface area contributed by atoms with Crippen molar-refractivity contribution in [3.8, 4) is 5.75 Å². The van der Waals surface area contributed by atoms with Crippen LogP contribution in [0.1, 0.15) is 16.7 Å². The lowest BCUT2D eigenvalue weighted by atomic mass is 10.1. The van der Waals surface area contributed by atoms with Gasteiger partial charge in [-0.05, 0) is 54.8 Å². The predicted molar refractivity (Wildman–Crippen MR) is 87.4 cm³/mol. The second kappa shape index (κ2) is 6.38. The topological polar surface area (TPSA) is 43.4 Å². The van der Waals surface area contributed by atoms with Crippen molar-refractivity contribution in [2.75, 3.05) is 0 Å². The van der Waals surface area contributed by atoms with E-state index in [-0.39, 0.29) is 4.90 Å². The van der Waals surface area contributed by atoms with Gasteiger partial charge in [0.2, 0.25) is 0 Å². The Hall–Kier alpha value is -1.04. The van der Waals surface area contributed by atoms with Crippen LogP contribution >= 0.6 is 26.6 Å². The molecule has 0 heterocycles. The summed E-state index contributed by atoms with van der Waals surface area (Å²) in [5, 5.41) is 0. The minimum atomic E-state index is -3.74. The van der Waals surface area contributed by atoms with E-state index in [0.717, 1.165) is 10.0 Å². The Labute approximate surface area is 137 Å². The average molecular weight is 390 g/mol. The third kappa shape index (κ3) is 4.22. The predicted octanol–water partition coefficient (Wildman–Crippen LogP) is 4.57. The van der Waals surface area contributed by atoms with Gasteiger partial charge in [0.1, 0.15) is 12.4 Å². The summed E-state index contributed by atoms with van der Waals surface area (Å²) in [7, 11) is 1.69. The summed E-state index contributed by atoms with van der Waals surface area (Å²) in [4.78, 5) is 0.152. The van der Waals surface area contributed by atoms with Crippen molar-refractivity contribution in [2.45, 2.75) is 25.3 Å². The van der Waals surface area contributed by atoms with Gasteiger partial charge in [0, 0.05) is 15.2 Å². The van der Waals surface area contributed by atoms with Gasteiger partial charge < -0.3 is 4.74 Å². The van der Waals surface area contributed by atoms with Crippen molar-refractivity contribution in [1.29, 1.82) is 0 Å². The van der Waals surface area contributed by atoms with Crippen molar-refractivity contribution in [3.63, 3.8) is 0 Å². The highest BCUT2D eigenvalue weighted by molar-refractivity contribution is 9.10. The van der Waals surface area contributed by atoms with Crippen LogP contribution in [0.2, 0.25) is 0 Å². The molecule has 0 saturated carbocycles. The minimum Gasteiger partial charge on any atom is -0.489 e. The third-order valence-corrected chi connectivity index (χ3v) is 5.06. The van der Waals surface area contributed by atoms with E-state index < -0.39 is 9.05 Å². The molecule has 0 aliphatic carbocycles. The Morgan fingerprint density at radius 2 is 1.76 bits per heavy atom.